The Balaban J connectivity index is 2.04. The van der Waals surface area contributed by atoms with Crippen molar-refractivity contribution in [1.29, 1.82) is 0 Å². The number of sulfone groups is 1. The topological polar surface area (TPSA) is 81.4 Å². The zero-order chi connectivity index (χ0) is 16.9. The third-order valence-corrected chi connectivity index (χ3v) is 6.99. The quantitative estimate of drug-likeness (QED) is 0.794. The van der Waals surface area contributed by atoms with Gasteiger partial charge in [-0.05, 0) is 56.5 Å². The predicted molar refractivity (Wildman–Crippen MR) is 92.5 cm³/mol. The Hall–Kier alpha value is -1.11. The molecule has 5 nitrogen and oxygen atoms in total. The lowest BCUT2D eigenvalue weighted by Crippen LogP contribution is -2.44. The fraction of sp³-hybridized carbons (Fsp3) is 0.647. The van der Waals surface area contributed by atoms with E-state index in [1.807, 2.05) is 13.8 Å². The number of hydrogen-bond donors (Lipinski definition) is 2. The zero-order valence-electron chi connectivity index (χ0n) is 14.0. The summed E-state index contributed by atoms with van der Waals surface area (Å²) in [5.74, 6) is 0.655. The summed E-state index contributed by atoms with van der Waals surface area (Å²) >= 11 is 0. The van der Waals surface area contributed by atoms with Gasteiger partial charge in [0.1, 0.15) is 12.4 Å². The molecule has 1 aliphatic heterocycles. The first-order valence-electron chi connectivity index (χ1n) is 8.37. The van der Waals surface area contributed by atoms with E-state index >= 15 is 0 Å². The van der Waals surface area contributed by atoms with Gasteiger partial charge in [-0.15, -0.1) is 0 Å². The number of nitrogens with two attached hydrogens (primary N) is 1. The Bertz CT molecular complexity index is 589. The summed E-state index contributed by atoms with van der Waals surface area (Å²) < 4.78 is 30.9. The third-order valence-electron chi connectivity index (χ3n) is 4.78. The second-order valence-electron chi connectivity index (χ2n) is 6.34. The highest BCUT2D eigenvalue weighted by molar-refractivity contribution is 7.92. The van der Waals surface area contributed by atoms with Crippen LogP contribution in [0.4, 0.5) is 0 Å². The minimum Gasteiger partial charge on any atom is -0.492 e. The van der Waals surface area contributed by atoms with E-state index in [4.69, 9.17) is 10.5 Å². The number of hydrogen-bond acceptors (Lipinski definition) is 5. The Labute approximate surface area is 139 Å². The van der Waals surface area contributed by atoms with E-state index in [0.717, 1.165) is 32.2 Å². The standard InChI is InChI=1S/C17H28N2O3S/c1-3-17(18,4-2)13-22-14-7-9-15(10-8-14)23(20,21)16-6-5-11-19-12-16/h7-10,16,19H,3-6,11-13,18H2,1-2H3. The SMILES string of the molecule is CCC(N)(CC)COc1ccc(S(=O)(=O)C2CCCNC2)cc1. The van der Waals surface area contributed by atoms with Crippen LogP contribution in [0.25, 0.3) is 0 Å². The molecule has 0 saturated carbocycles. The molecule has 0 radical (unpaired) electrons. The first-order valence-corrected chi connectivity index (χ1v) is 9.92. The van der Waals surface area contributed by atoms with E-state index in [-0.39, 0.29) is 10.8 Å². The molecule has 3 N–H and O–H groups in total. The van der Waals surface area contributed by atoms with Crippen LogP contribution < -0.4 is 15.8 Å². The summed E-state index contributed by atoms with van der Waals surface area (Å²) in [6.45, 7) is 5.94. The molecule has 1 fully saturated rings. The van der Waals surface area contributed by atoms with Crippen LogP contribution in [0.3, 0.4) is 0 Å². The molecule has 0 bridgehead atoms. The van der Waals surface area contributed by atoms with Crippen LogP contribution in [0.15, 0.2) is 29.2 Å². The van der Waals surface area contributed by atoms with Crippen molar-refractivity contribution in [2.45, 2.75) is 55.2 Å². The van der Waals surface area contributed by atoms with Crippen molar-refractivity contribution in [1.82, 2.24) is 5.32 Å². The number of piperidine rings is 1. The van der Waals surface area contributed by atoms with E-state index in [1.165, 1.54) is 0 Å². The Kier molecular flexibility index (Phi) is 6.06. The number of rotatable bonds is 7. The summed E-state index contributed by atoms with van der Waals surface area (Å²) in [5.41, 5.74) is 5.88. The molecule has 130 valence electrons. The normalized spacial score (nSPS) is 19.5. The third kappa shape index (κ3) is 4.46. The Morgan fingerprint density at radius 3 is 2.43 bits per heavy atom. The average Bonchev–Trinajstić information content (AvgIpc) is 2.61. The van der Waals surface area contributed by atoms with Crippen LogP contribution in [0.5, 0.6) is 5.75 Å². The summed E-state index contributed by atoms with van der Waals surface area (Å²) in [5, 5.41) is 2.82. The van der Waals surface area contributed by atoms with Crippen LogP contribution in [-0.2, 0) is 9.84 Å². The molecule has 0 spiro atoms. The second kappa shape index (κ2) is 7.64. The van der Waals surface area contributed by atoms with E-state index in [2.05, 4.69) is 5.32 Å². The van der Waals surface area contributed by atoms with Crippen molar-refractivity contribution >= 4 is 9.84 Å². The number of ether oxygens (including phenoxy) is 1. The van der Waals surface area contributed by atoms with E-state index in [0.29, 0.717) is 23.8 Å². The first kappa shape index (κ1) is 18.2. The van der Waals surface area contributed by atoms with Crippen molar-refractivity contribution in [3.8, 4) is 5.75 Å². The highest BCUT2D eigenvalue weighted by atomic mass is 32.2. The maximum absolute atomic E-state index is 12.6. The molecule has 1 unspecified atom stereocenters. The molecular formula is C17H28N2O3S. The first-order chi connectivity index (χ1) is 10.9. The van der Waals surface area contributed by atoms with Gasteiger partial charge in [0.2, 0.25) is 0 Å². The molecule has 6 heteroatoms. The van der Waals surface area contributed by atoms with Crippen LogP contribution >= 0.6 is 0 Å². The maximum atomic E-state index is 12.6. The molecule has 0 aliphatic carbocycles. The minimum absolute atomic E-state index is 0.333. The minimum atomic E-state index is -3.27. The molecule has 1 aromatic carbocycles. The largest absolute Gasteiger partial charge is 0.492 e. The van der Waals surface area contributed by atoms with Crippen LogP contribution in [0, 0.1) is 0 Å². The molecule has 1 heterocycles. The fourth-order valence-corrected chi connectivity index (χ4v) is 4.40. The fourth-order valence-electron chi connectivity index (χ4n) is 2.68. The second-order valence-corrected chi connectivity index (χ2v) is 8.57. The number of benzene rings is 1. The molecule has 1 aliphatic rings. The zero-order valence-corrected chi connectivity index (χ0v) is 14.9. The van der Waals surface area contributed by atoms with Gasteiger partial charge in [0.25, 0.3) is 0 Å². The molecule has 2 rings (SSSR count). The molecule has 1 saturated heterocycles. The van der Waals surface area contributed by atoms with Crippen LogP contribution in [0.2, 0.25) is 0 Å². The molecular weight excluding hydrogens is 312 g/mol. The molecule has 23 heavy (non-hydrogen) atoms. The van der Waals surface area contributed by atoms with Gasteiger partial charge in [-0.25, -0.2) is 8.42 Å². The molecule has 1 aromatic rings. The van der Waals surface area contributed by atoms with E-state index in [9.17, 15) is 8.42 Å². The van der Waals surface area contributed by atoms with Crippen molar-refractivity contribution in [2.24, 2.45) is 5.73 Å². The Morgan fingerprint density at radius 1 is 1.26 bits per heavy atom. The molecule has 0 amide bonds. The van der Waals surface area contributed by atoms with Crippen LogP contribution in [-0.4, -0.2) is 38.9 Å². The molecule has 1 atom stereocenters. The summed E-state index contributed by atoms with van der Waals surface area (Å²) in [6.07, 6.45) is 3.29. The highest BCUT2D eigenvalue weighted by Gasteiger charge is 2.29. The van der Waals surface area contributed by atoms with Gasteiger partial charge in [0.05, 0.1) is 10.1 Å². The average molecular weight is 340 g/mol. The lowest BCUT2D eigenvalue weighted by molar-refractivity contribution is 0.207. The number of nitrogens with one attached hydrogen (secondary N) is 1. The summed E-state index contributed by atoms with van der Waals surface area (Å²) in [6, 6.07) is 6.70. The lowest BCUT2D eigenvalue weighted by Gasteiger charge is -2.26. The van der Waals surface area contributed by atoms with Gasteiger partial charge in [0.15, 0.2) is 9.84 Å². The highest BCUT2D eigenvalue weighted by Crippen LogP contribution is 2.24. The smallest absolute Gasteiger partial charge is 0.182 e. The van der Waals surface area contributed by atoms with Crippen LogP contribution in [0.1, 0.15) is 39.5 Å². The van der Waals surface area contributed by atoms with Gasteiger partial charge < -0.3 is 15.8 Å². The lowest BCUT2D eigenvalue weighted by atomic mass is 9.96. The van der Waals surface area contributed by atoms with Crippen molar-refractivity contribution in [3.63, 3.8) is 0 Å². The van der Waals surface area contributed by atoms with Gasteiger partial charge in [0, 0.05) is 12.1 Å². The monoisotopic (exact) mass is 340 g/mol. The maximum Gasteiger partial charge on any atom is 0.182 e. The van der Waals surface area contributed by atoms with Gasteiger partial charge >= 0.3 is 0 Å². The summed E-state index contributed by atoms with van der Waals surface area (Å²) in [7, 11) is -3.27. The van der Waals surface area contributed by atoms with Crippen molar-refractivity contribution in [2.75, 3.05) is 19.7 Å². The van der Waals surface area contributed by atoms with Gasteiger partial charge in [-0.2, -0.15) is 0 Å². The van der Waals surface area contributed by atoms with Gasteiger partial charge in [-0.3, -0.25) is 0 Å². The van der Waals surface area contributed by atoms with E-state index in [1.54, 1.807) is 24.3 Å². The Morgan fingerprint density at radius 2 is 1.91 bits per heavy atom. The van der Waals surface area contributed by atoms with E-state index < -0.39 is 9.84 Å². The predicted octanol–water partition coefficient (Wildman–Crippen LogP) is 2.11. The van der Waals surface area contributed by atoms with Crippen molar-refractivity contribution < 1.29 is 13.2 Å². The van der Waals surface area contributed by atoms with Gasteiger partial charge in [-0.1, -0.05) is 13.8 Å². The molecule has 0 aromatic heterocycles. The summed E-state index contributed by atoms with van der Waals surface area (Å²) in [4.78, 5) is 0.364. The van der Waals surface area contributed by atoms with Crippen molar-refractivity contribution in [3.05, 3.63) is 24.3 Å².